The highest BCUT2D eigenvalue weighted by Gasteiger charge is 2.26. The van der Waals surface area contributed by atoms with Crippen molar-refractivity contribution in [3.63, 3.8) is 0 Å². The van der Waals surface area contributed by atoms with Crippen LogP contribution in [-0.2, 0) is 0 Å². The van der Waals surface area contributed by atoms with Crippen LogP contribution in [0.2, 0.25) is 0 Å². The molecule has 8 heteroatoms. The van der Waals surface area contributed by atoms with Crippen LogP contribution < -0.4 is 9.47 Å². The Labute approximate surface area is 149 Å². The number of ether oxygens (including phenoxy) is 2. The molecule has 0 saturated carbocycles. The summed E-state index contributed by atoms with van der Waals surface area (Å²) in [5.74, 6) is 0.953. The summed E-state index contributed by atoms with van der Waals surface area (Å²) in [4.78, 5) is 32.6. The van der Waals surface area contributed by atoms with Gasteiger partial charge in [-0.25, -0.2) is 4.98 Å². The fourth-order valence-corrected chi connectivity index (χ4v) is 3.23. The molecule has 0 atom stereocenters. The molecule has 1 aliphatic rings. The summed E-state index contributed by atoms with van der Waals surface area (Å²) in [7, 11) is 3.10. The fourth-order valence-electron chi connectivity index (χ4n) is 2.71. The Morgan fingerprint density at radius 3 is 2.00 bits per heavy atom. The Morgan fingerprint density at radius 2 is 1.52 bits per heavy atom. The Balaban J connectivity index is 1.66. The first-order chi connectivity index (χ1) is 12.1. The van der Waals surface area contributed by atoms with Crippen molar-refractivity contribution in [2.24, 2.45) is 0 Å². The molecule has 0 N–H and O–H groups in total. The molecular weight excluding hydrogens is 342 g/mol. The number of carbonyl (C=O) groups excluding carboxylic acids is 2. The highest BCUT2D eigenvalue weighted by Crippen LogP contribution is 2.24. The fraction of sp³-hybridized carbons (Fsp3) is 0.353. The van der Waals surface area contributed by atoms with Gasteiger partial charge in [0.2, 0.25) is 0 Å². The molecule has 25 heavy (non-hydrogen) atoms. The third-order valence-electron chi connectivity index (χ3n) is 4.10. The maximum atomic E-state index is 12.7. The van der Waals surface area contributed by atoms with E-state index in [-0.39, 0.29) is 11.8 Å². The number of rotatable bonds is 4. The summed E-state index contributed by atoms with van der Waals surface area (Å²) in [6.07, 6.45) is 0. The minimum Gasteiger partial charge on any atom is -0.497 e. The molecule has 1 saturated heterocycles. The molecule has 1 aromatic carbocycles. The first-order valence-corrected chi connectivity index (χ1v) is 8.76. The van der Waals surface area contributed by atoms with Crippen molar-refractivity contribution in [1.29, 1.82) is 0 Å². The summed E-state index contributed by atoms with van der Waals surface area (Å²) < 4.78 is 10.4. The number of thiazole rings is 1. The van der Waals surface area contributed by atoms with Gasteiger partial charge in [-0.2, -0.15) is 0 Å². The van der Waals surface area contributed by atoms with Gasteiger partial charge in [0.25, 0.3) is 11.8 Å². The Kier molecular flexibility index (Phi) is 5.18. The monoisotopic (exact) mass is 361 g/mol. The van der Waals surface area contributed by atoms with Crippen LogP contribution in [0.1, 0.15) is 20.8 Å². The lowest BCUT2D eigenvalue weighted by atomic mass is 10.1. The van der Waals surface area contributed by atoms with Gasteiger partial charge in [-0.3, -0.25) is 9.59 Å². The number of amides is 2. The number of benzene rings is 1. The van der Waals surface area contributed by atoms with Gasteiger partial charge in [0.15, 0.2) is 0 Å². The molecule has 1 aromatic heterocycles. The Bertz CT molecular complexity index is 733. The van der Waals surface area contributed by atoms with E-state index in [0.717, 1.165) is 0 Å². The van der Waals surface area contributed by atoms with E-state index in [1.54, 1.807) is 53.1 Å². The SMILES string of the molecule is COc1cc(OC)cc(C(=O)N2CCN(C(=O)c3cscn3)CC2)c1. The van der Waals surface area contributed by atoms with Gasteiger partial charge in [0.05, 0.1) is 19.7 Å². The molecule has 132 valence electrons. The summed E-state index contributed by atoms with van der Waals surface area (Å²) in [6, 6.07) is 5.11. The molecule has 0 bridgehead atoms. The van der Waals surface area contributed by atoms with Gasteiger partial charge in [0, 0.05) is 43.2 Å². The van der Waals surface area contributed by atoms with E-state index < -0.39 is 0 Å². The third kappa shape index (κ3) is 3.74. The highest BCUT2D eigenvalue weighted by atomic mass is 32.1. The van der Waals surface area contributed by atoms with Crippen molar-refractivity contribution in [3.05, 3.63) is 40.3 Å². The average molecular weight is 361 g/mol. The first-order valence-electron chi connectivity index (χ1n) is 7.82. The lowest BCUT2D eigenvalue weighted by Gasteiger charge is -2.34. The van der Waals surface area contributed by atoms with Crippen molar-refractivity contribution in [3.8, 4) is 11.5 Å². The van der Waals surface area contributed by atoms with E-state index in [1.165, 1.54) is 11.3 Å². The summed E-state index contributed by atoms with van der Waals surface area (Å²) >= 11 is 1.39. The molecule has 0 radical (unpaired) electrons. The zero-order valence-corrected chi connectivity index (χ0v) is 14.9. The smallest absolute Gasteiger partial charge is 0.273 e. The quantitative estimate of drug-likeness (QED) is 0.830. The van der Waals surface area contributed by atoms with Crippen LogP contribution in [0.15, 0.2) is 29.1 Å². The van der Waals surface area contributed by atoms with Crippen molar-refractivity contribution in [1.82, 2.24) is 14.8 Å². The normalized spacial score (nSPS) is 14.3. The van der Waals surface area contributed by atoms with E-state index in [1.807, 2.05) is 0 Å². The summed E-state index contributed by atoms with van der Waals surface area (Å²) in [5, 5.41) is 1.74. The predicted octanol–water partition coefficient (Wildman–Crippen LogP) is 1.76. The van der Waals surface area contributed by atoms with Gasteiger partial charge in [-0.15, -0.1) is 11.3 Å². The molecule has 7 nitrogen and oxygen atoms in total. The number of piperazine rings is 1. The Morgan fingerprint density at radius 1 is 0.960 bits per heavy atom. The lowest BCUT2D eigenvalue weighted by molar-refractivity contribution is 0.0532. The van der Waals surface area contributed by atoms with Gasteiger partial charge in [0.1, 0.15) is 17.2 Å². The average Bonchev–Trinajstić information content (AvgIpc) is 3.21. The van der Waals surface area contributed by atoms with Crippen LogP contribution in [0.25, 0.3) is 0 Å². The predicted molar refractivity (Wildman–Crippen MR) is 93.5 cm³/mol. The number of nitrogens with zero attached hydrogens (tertiary/aromatic N) is 3. The highest BCUT2D eigenvalue weighted by molar-refractivity contribution is 7.07. The third-order valence-corrected chi connectivity index (χ3v) is 4.69. The maximum Gasteiger partial charge on any atom is 0.273 e. The van der Waals surface area contributed by atoms with Crippen LogP contribution in [0.5, 0.6) is 11.5 Å². The van der Waals surface area contributed by atoms with Gasteiger partial charge >= 0.3 is 0 Å². The van der Waals surface area contributed by atoms with E-state index in [4.69, 9.17) is 9.47 Å². The van der Waals surface area contributed by atoms with Crippen LogP contribution in [-0.4, -0.2) is 67.0 Å². The minimum atomic E-state index is -0.0991. The van der Waals surface area contributed by atoms with Gasteiger partial charge in [-0.05, 0) is 12.1 Å². The van der Waals surface area contributed by atoms with Crippen molar-refractivity contribution in [2.75, 3.05) is 40.4 Å². The molecule has 2 aromatic rings. The lowest BCUT2D eigenvalue weighted by Crippen LogP contribution is -2.50. The number of hydrogen-bond donors (Lipinski definition) is 0. The van der Waals surface area contributed by atoms with Crippen LogP contribution in [0.3, 0.4) is 0 Å². The van der Waals surface area contributed by atoms with Crippen molar-refractivity contribution >= 4 is 23.2 Å². The van der Waals surface area contributed by atoms with Crippen LogP contribution in [0, 0.1) is 0 Å². The standard InChI is InChI=1S/C17H19N3O4S/c1-23-13-7-12(8-14(9-13)24-2)16(21)19-3-5-20(6-4-19)17(22)15-10-25-11-18-15/h7-11H,3-6H2,1-2H3. The molecule has 2 heterocycles. The molecule has 0 unspecified atom stereocenters. The Hall–Kier alpha value is -2.61. The number of aromatic nitrogens is 1. The van der Waals surface area contributed by atoms with Crippen LogP contribution in [0.4, 0.5) is 0 Å². The summed E-state index contributed by atoms with van der Waals surface area (Å²) in [5.41, 5.74) is 2.61. The first kappa shape index (κ1) is 17.2. The number of methoxy groups -OCH3 is 2. The molecule has 0 aliphatic carbocycles. The van der Waals surface area contributed by atoms with Gasteiger partial charge in [-0.1, -0.05) is 0 Å². The summed E-state index contributed by atoms with van der Waals surface area (Å²) in [6.45, 7) is 1.94. The van der Waals surface area contributed by atoms with E-state index >= 15 is 0 Å². The minimum absolute atomic E-state index is 0.0867. The van der Waals surface area contributed by atoms with Crippen molar-refractivity contribution < 1.29 is 19.1 Å². The zero-order chi connectivity index (χ0) is 17.8. The second kappa shape index (κ2) is 7.52. The van der Waals surface area contributed by atoms with E-state index in [0.29, 0.717) is 48.9 Å². The topological polar surface area (TPSA) is 72.0 Å². The van der Waals surface area contributed by atoms with Crippen molar-refractivity contribution in [2.45, 2.75) is 0 Å². The molecule has 1 fully saturated rings. The second-order valence-electron chi connectivity index (χ2n) is 5.56. The largest absolute Gasteiger partial charge is 0.497 e. The van der Waals surface area contributed by atoms with E-state index in [9.17, 15) is 9.59 Å². The number of carbonyl (C=O) groups is 2. The zero-order valence-electron chi connectivity index (χ0n) is 14.1. The molecule has 2 amide bonds. The van der Waals surface area contributed by atoms with Gasteiger partial charge < -0.3 is 19.3 Å². The maximum absolute atomic E-state index is 12.7. The van der Waals surface area contributed by atoms with E-state index in [2.05, 4.69) is 4.98 Å². The molecule has 1 aliphatic heterocycles. The molecule has 0 spiro atoms. The molecular formula is C17H19N3O4S. The second-order valence-corrected chi connectivity index (χ2v) is 6.28. The molecule has 3 rings (SSSR count). The van der Waals surface area contributed by atoms with Crippen LogP contribution >= 0.6 is 11.3 Å². The number of hydrogen-bond acceptors (Lipinski definition) is 6.